The summed E-state index contributed by atoms with van der Waals surface area (Å²) in [5, 5.41) is 2.42. The zero-order chi connectivity index (χ0) is 13.3. The van der Waals surface area contributed by atoms with Crippen LogP contribution in [0.4, 0.5) is 14.5 Å². The van der Waals surface area contributed by atoms with Gasteiger partial charge in [0.15, 0.2) is 0 Å². The van der Waals surface area contributed by atoms with E-state index in [1.54, 1.807) is 0 Å². The number of carbonyl (C=O) groups is 1. The van der Waals surface area contributed by atoms with Crippen molar-refractivity contribution in [2.75, 3.05) is 11.9 Å². The highest BCUT2D eigenvalue weighted by molar-refractivity contribution is 9.10. The second-order valence-corrected chi connectivity index (χ2v) is 5.39. The maximum absolute atomic E-state index is 13.6. The normalized spacial score (nSPS) is 17.1. The van der Waals surface area contributed by atoms with Crippen LogP contribution in [0.2, 0.25) is 0 Å². The van der Waals surface area contributed by atoms with Crippen LogP contribution in [0.3, 0.4) is 0 Å². The number of rotatable bonds is 3. The van der Waals surface area contributed by atoms with E-state index in [2.05, 4.69) is 21.2 Å². The fourth-order valence-electron chi connectivity index (χ4n) is 2.00. The van der Waals surface area contributed by atoms with Gasteiger partial charge in [0, 0.05) is 12.6 Å². The minimum Gasteiger partial charge on any atom is -0.329 e. The minimum absolute atomic E-state index is 0.0233. The molecule has 0 bridgehead atoms. The van der Waals surface area contributed by atoms with Gasteiger partial charge < -0.3 is 11.1 Å². The zero-order valence-corrected chi connectivity index (χ0v) is 11.2. The van der Waals surface area contributed by atoms with Crippen LogP contribution >= 0.6 is 15.9 Å². The first-order chi connectivity index (χ1) is 8.48. The number of nitrogens with one attached hydrogen (secondary N) is 1. The molecule has 1 aliphatic carbocycles. The third-order valence-electron chi connectivity index (χ3n) is 3.44. The molecular formula is C12H13BrF2N2O. The molecule has 0 atom stereocenters. The van der Waals surface area contributed by atoms with Gasteiger partial charge in [0.25, 0.3) is 0 Å². The van der Waals surface area contributed by atoms with Gasteiger partial charge in [-0.15, -0.1) is 0 Å². The van der Waals surface area contributed by atoms with Crippen molar-refractivity contribution >= 4 is 27.5 Å². The van der Waals surface area contributed by atoms with Crippen molar-refractivity contribution in [3.05, 3.63) is 28.2 Å². The lowest BCUT2D eigenvalue weighted by Gasteiger charge is -2.39. The molecule has 1 aromatic rings. The molecule has 3 nitrogen and oxygen atoms in total. The summed E-state index contributed by atoms with van der Waals surface area (Å²) in [6.45, 7) is 0.222. The summed E-state index contributed by atoms with van der Waals surface area (Å²) < 4.78 is 26.9. The number of hydrogen-bond donors (Lipinski definition) is 2. The SMILES string of the molecule is NCC1(C(=O)Nc2cc(F)c(Br)cc2F)CCC1. The van der Waals surface area contributed by atoms with Crippen LogP contribution in [0.15, 0.2) is 16.6 Å². The Labute approximate surface area is 112 Å². The number of anilines is 1. The molecule has 6 heteroatoms. The highest BCUT2D eigenvalue weighted by atomic mass is 79.9. The van der Waals surface area contributed by atoms with Gasteiger partial charge in [-0.2, -0.15) is 0 Å². The first kappa shape index (κ1) is 13.4. The summed E-state index contributed by atoms with van der Waals surface area (Å²) in [5.41, 5.74) is 4.81. The Morgan fingerprint density at radius 3 is 2.56 bits per heavy atom. The molecule has 1 aromatic carbocycles. The van der Waals surface area contributed by atoms with Gasteiger partial charge in [-0.05, 0) is 34.8 Å². The summed E-state index contributed by atoms with van der Waals surface area (Å²) in [6.07, 6.45) is 2.31. The number of halogens is 3. The minimum atomic E-state index is -0.678. The van der Waals surface area contributed by atoms with Gasteiger partial charge in [0.1, 0.15) is 11.6 Å². The Morgan fingerprint density at radius 1 is 1.39 bits per heavy atom. The molecule has 2 rings (SSSR count). The molecule has 0 aliphatic heterocycles. The van der Waals surface area contributed by atoms with E-state index >= 15 is 0 Å². The van der Waals surface area contributed by atoms with E-state index in [1.165, 1.54) is 0 Å². The van der Waals surface area contributed by atoms with Crippen LogP contribution in [0.5, 0.6) is 0 Å². The molecule has 18 heavy (non-hydrogen) atoms. The van der Waals surface area contributed by atoms with Gasteiger partial charge in [-0.25, -0.2) is 8.78 Å². The average Bonchev–Trinajstić information content (AvgIpc) is 2.25. The maximum Gasteiger partial charge on any atom is 0.231 e. The third kappa shape index (κ3) is 2.27. The maximum atomic E-state index is 13.6. The van der Waals surface area contributed by atoms with Gasteiger partial charge in [-0.1, -0.05) is 6.42 Å². The Balaban J connectivity index is 2.19. The lowest BCUT2D eigenvalue weighted by molar-refractivity contribution is -0.129. The highest BCUT2D eigenvalue weighted by Crippen LogP contribution is 2.41. The third-order valence-corrected chi connectivity index (χ3v) is 4.05. The van der Waals surface area contributed by atoms with Crippen LogP contribution in [-0.4, -0.2) is 12.5 Å². The number of carbonyl (C=O) groups excluding carboxylic acids is 1. The zero-order valence-electron chi connectivity index (χ0n) is 9.60. The fourth-order valence-corrected chi connectivity index (χ4v) is 2.32. The first-order valence-corrected chi connectivity index (χ1v) is 6.44. The number of nitrogens with two attached hydrogens (primary N) is 1. The van der Waals surface area contributed by atoms with Gasteiger partial charge >= 0.3 is 0 Å². The van der Waals surface area contributed by atoms with E-state index < -0.39 is 17.0 Å². The molecule has 3 N–H and O–H groups in total. The smallest absolute Gasteiger partial charge is 0.231 e. The summed E-state index contributed by atoms with van der Waals surface area (Å²) in [5.74, 6) is -1.64. The Bertz CT molecular complexity index is 484. The van der Waals surface area contributed by atoms with E-state index in [9.17, 15) is 13.6 Å². The van der Waals surface area contributed by atoms with Gasteiger partial charge in [0.2, 0.25) is 5.91 Å². The Kier molecular flexibility index (Phi) is 3.68. The predicted octanol–water partition coefficient (Wildman–Crippen LogP) is 2.79. The predicted molar refractivity (Wildman–Crippen MR) is 68.0 cm³/mol. The lowest BCUT2D eigenvalue weighted by Crippen LogP contribution is -2.47. The van der Waals surface area contributed by atoms with Crippen LogP contribution < -0.4 is 11.1 Å². The molecule has 1 aliphatic rings. The van der Waals surface area contributed by atoms with Crippen molar-refractivity contribution in [2.45, 2.75) is 19.3 Å². The molecular weight excluding hydrogens is 306 g/mol. The molecule has 0 aromatic heterocycles. The molecule has 1 saturated carbocycles. The fraction of sp³-hybridized carbons (Fsp3) is 0.417. The van der Waals surface area contributed by atoms with Crippen molar-refractivity contribution in [3.8, 4) is 0 Å². The van der Waals surface area contributed by atoms with Crippen molar-refractivity contribution < 1.29 is 13.6 Å². The topological polar surface area (TPSA) is 55.1 Å². The van der Waals surface area contributed by atoms with Gasteiger partial charge in [-0.3, -0.25) is 4.79 Å². The molecule has 98 valence electrons. The quantitative estimate of drug-likeness (QED) is 0.842. The van der Waals surface area contributed by atoms with Crippen molar-refractivity contribution in [1.82, 2.24) is 0 Å². The van der Waals surface area contributed by atoms with Gasteiger partial charge in [0.05, 0.1) is 15.6 Å². The standard InChI is InChI=1S/C12H13BrF2N2O/c13-7-4-9(15)10(5-8(7)14)17-11(18)12(6-16)2-1-3-12/h4-5H,1-3,6,16H2,(H,17,18). The molecule has 0 unspecified atom stereocenters. The second-order valence-electron chi connectivity index (χ2n) is 4.54. The van der Waals surface area contributed by atoms with Crippen molar-refractivity contribution in [2.24, 2.45) is 11.1 Å². The van der Waals surface area contributed by atoms with E-state index in [0.717, 1.165) is 18.6 Å². The average molecular weight is 319 g/mol. The van der Waals surface area contributed by atoms with Crippen molar-refractivity contribution in [1.29, 1.82) is 0 Å². The molecule has 0 saturated heterocycles. The lowest BCUT2D eigenvalue weighted by atomic mass is 9.68. The molecule has 0 spiro atoms. The van der Waals surface area contributed by atoms with Crippen LogP contribution in [0.25, 0.3) is 0 Å². The molecule has 0 heterocycles. The molecule has 1 fully saturated rings. The highest BCUT2D eigenvalue weighted by Gasteiger charge is 2.43. The Morgan fingerprint density at radius 2 is 2.06 bits per heavy atom. The summed E-state index contributed by atoms with van der Waals surface area (Å²) >= 11 is 2.88. The van der Waals surface area contributed by atoms with Crippen molar-refractivity contribution in [3.63, 3.8) is 0 Å². The summed E-state index contributed by atoms with van der Waals surface area (Å²) in [6, 6.07) is 1.95. The molecule has 0 radical (unpaired) electrons. The Hall–Kier alpha value is -1.01. The number of benzene rings is 1. The molecule has 1 amide bonds. The van der Waals surface area contributed by atoms with E-state index in [-0.39, 0.29) is 22.6 Å². The van der Waals surface area contributed by atoms with E-state index in [0.29, 0.717) is 12.8 Å². The first-order valence-electron chi connectivity index (χ1n) is 5.64. The summed E-state index contributed by atoms with van der Waals surface area (Å²) in [7, 11) is 0. The van der Waals surface area contributed by atoms with Crippen LogP contribution in [0.1, 0.15) is 19.3 Å². The monoisotopic (exact) mass is 318 g/mol. The van der Waals surface area contributed by atoms with Crippen LogP contribution in [-0.2, 0) is 4.79 Å². The number of amides is 1. The van der Waals surface area contributed by atoms with E-state index in [4.69, 9.17) is 5.73 Å². The summed E-state index contributed by atoms with van der Waals surface area (Å²) in [4.78, 5) is 12.0. The second kappa shape index (κ2) is 4.93. The largest absolute Gasteiger partial charge is 0.329 e. The van der Waals surface area contributed by atoms with E-state index in [1.807, 2.05) is 0 Å². The number of hydrogen-bond acceptors (Lipinski definition) is 2. The van der Waals surface area contributed by atoms with Crippen LogP contribution in [0, 0.1) is 17.0 Å².